The van der Waals surface area contributed by atoms with E-state index in [1.165, 1.54) is 0 Å². The molecule has 1 unspecified atom stereocenters. The number of Topliss-reactive ketones (excluding diaryl/α,β-unsaturated/α-hetero) is 2. The van der Waals surface area contributed by atoms with Gasteiger partial charge in [0.2, 0.25) is 23.4 Å². The van der Waals surface area contributed by atoms with Gasteiger partial charge in [0.1, 0.15) is 11.2 Å². The molecule has 1 atom stereocenters. The monoisotopic (exact) mass is 445 g/mol. The molecule has 3 aromatic carbocycles. The summed E-state index contributed by atoms with van der Waals surface area (Å²) in [5.74, 6) is -1.47. The zero-order chi connectivity index (χ0) is 23.0. The number of aromatic nitrogens is 2. The third kappa shape index (κ3) is 2.11. The van der Waals surface area contributed by atoms with Crippen LogP contribution < -0.4 is 10.1 Å². The lowest BCUT2D eigenvalue weighted by molar-refractivity contribution is -0.121. The highest BCUT2D eigenvalue weighted by molar-refractivity contribution is 6.54. The van der Waals surface area contributed by atoms with Gasteiger partial charge in [0, 0.05) is 27.9 Å². The molecule has 162 valence electrons. The molecule has 34 heavy (non-hydrogen) atoms. The minimum atomic E-state index is -1.60. The number of ketones is 2. The summed E-state index contributed by atoms with van der Waals surface area (Å²) < 4.78 is 6.22. The fourth-order valence-corrected chi connectivity index (χ4v) is 5.34. The summed E-state index contributed by atoms with van der Waals surface area (Å²) in [5.41, 5.74) is 2.03. The number of benzene rings is 3. The van der Waals surface area contributed by atoms with E-state index in [1.54, 1.807) is 36.4 Å². The van der Waals surface area contributed by atoms with Crippen LogP contribution in [0.15, 0.2) is 84.4 Å². The van der Waals surface area contributed by atoms with Crippen LogP contribution in [-0.2, 0) is 15.0 Å². The number of para-hydroxylation sites is 1. The molecule has 0 fully saturated rings. The molecule has 0 saturated heterocycles. The maximum Gasteiger partial charge on any atom is 0.244 e. The van der Waals surface area contributed by atoms with E-state index in [0.717, 1.165) is 5.56 Å². The zero-order valence-electron chi connectivity index (χ0n) is 17.6. The Morgan fingerprint density at radius 3 is 2.29 bits per heavy atom. The summed E-state index contributed by atoms with van der Waals surface area (Å²) >= 11 is 0. The Hall–Kier alpha value is -4.78. The van der Waals surface area contributed by atoms with Gasteiger partial charge in [-0.1, -0.05) is 72.8 Å². The molecule has 1 amide bonds. The number of H-pyrrole nitrogens is 1. The van der Waals surface area contributed by atoms with Crippen LogP contribution >= 0.6 is 0 Å². The Bertz CT molecular complexity index is 1620. The van der Waals surface area contributed by atoms with Crippen molar-refractivity contribution in [1.82, 2.24) is 10.2 Å². The lowest BCUT2D eigenvalue weighted by atomic mass is 9.64. The van der Waals surface area contributed by atoms with E-state index in [9.17, 15) is 14.4 Å². The first-order valence-electron chi connectivity index (χ1n) is 10.8. The van der Waals surface area contributed by atoms with E-state index in [0.29, 0.717) is 28.1 Å². The van der Waals surface area contributed by atoms with Gasteiger partial charge in [-0.05, 0) is 6.07 Å². The SMILES string of the molecule is O=C1C(=O)c2ccccc2C2=C1C1(C(=O)Nc3ccccc31)c1c(n[nH]c1-c1ccccc1)O2. The molecule has 2 aliphatic heterocycles. The molecular weight excluding hydrogens is 430 g/mol. The number of amides is 1. The van der Waals surface area contributed by atoms with Crippen LogP contribution in [0.2, 0.25) is 0 Å². The van der Waals surface area contributed by atoms with Crippen molar-refractivity contribution >= 4 is 28.9 Å². The van der Waals surface area contributed by atoms with Crippen molar-refractivity contribution in [3.8, 4) is 17.1 Å². The predicted octanol–water partition coefficient (Wildman–Crippen LogP) is 3.88. The number of aromatic amines is 1. The van der Waals surface area contributed by atoms with Crippen molar-refractivity contribution in [3.05, 3.63) is 107 Å². The van der Waals surface area contributed by atoms with E-state index in [2.05, 4.69) is 15.5 Å². The highest BCUT2D eigenvalue weighted by atomic mass is 16.5. The van der Waals surface area contributed by atoms with Gasteiger partial charge in [0.05, 0.1) is 16.8 Å². The molecule has 7 heteroatoms. The van der Waals surface area contributed by atoms with Crippen molar-refractivity contribution < 1.29 is 19.1 Å². The van der Waals surface area contributed by atoms with E-state index in [-0.39, 0.29) is 22.8 Å². The van der Waals surface area contributed by atoms with Crippen LogP contribution in [0.25, 0.3) is 17.0 Å². The number of anilines is 1. The van der Waals surface area contributed by atoms with Gasteiger partial charge in [-0.25, -0.2) is 0 Å². The number of rotatable bonds is 1. The lowest BCUT2D eigenvalue weighted by Crippen LogP contribution is -2.47. The minimum Gasteiger partial charge on any atom is -0.436 e. The van der Waals surface area contributed by atoms with E-state index >= 15 is 0 Å². The van der Waals surface area contributed by atoms with Crippen molar-refractivity contribution in [2.45, 2.75) is 5.41 Å². The highest BCUT2D eigenvalue weighted by Crippen LogP contribution is 2.58. The number of carbonyl (C=O) groups is 3. The second-order valence-corrected chi connectivity index (χ2v) is 8.40. The summed E-state index contributed by atoms with van der Waals surface area (Å²) in [6, 6.07) is 23.4. The molecule has 1 aliphatic carbocycles. The molecule has 3 heterocycles. The summed E-state index contributed by atoms with van der Waals surface area (Å²) in [6.07, 6.45) is 0. The van der Waals surface area contributed by atoms with E-state index < -0.39 is 22.9 Å². The van der Waals surface area contributed by atoms with Gasteiger partial charge >= 0.3 is 0 Å². The van der Waals surface area contributed by atoms with Crippen molar-refractivity contribution in [1.29, 1.82) is 0 Å². The predicted molar refractivity (Wildman–Crippen MR) is 123 cm³/mol. The highest BCUT2D eigenvalue weighted by Gasteiger charge is 2.62. The Balaban J connectivity index is 1.65. The van der Waals surface area contributed by atoms with Crippen LogP contribution in [0.3, 0.4) is 0 Å². The topological polar surface area (TPSA) is 101 Å². The smallest absolute Gasteiger partial charge is 0.244 e. The first kappa shape index (κ1) is 18.8. The summed E-state index contributed by atoms with van der Waals surface area (Å²) in [6.45, 7) is 0. The molecule has 7 rings (SSSR count). The summed E-state index contributed by atoms with van der Waals surface area (Å²) in [4.78, 5) is 40.9. The van der Waals surface area contributed by atoms with Gasteiger partial charge in [0.15, 0.2) is 0 Å². The third-order valence-corrected chi connectivity index (χ3v) is 6.74. The normalized spacial score (nSPS) is 19.8. The van der Waals surface area contributed by atoms with Gasteiger partial charge in [0.25, 0.3) is 0 Å². The Morgan fingerprint density at radius 1 is 0.765 bits per heavy atom. The third-order valence-electron chi connectivity index (χ3n) is 6.74. The molecular formula is C27H15N3O4. The number of hydrogen-bond donors (Lipinski definition) is 2. The van der Waals surface area contributed by atoms with Gasteiger partial charge in [-0.2, -0.15) is 0 Å². The average molecular weight is 445 g/mol. The number of nitrogens with one attached hydrogen (secondary N) is 2. The molecule has 7 nitrogen and oxygen atoms in total. The maximum absolute atomic E-state index is 14.0. The van der Waals surface area contributed by atoms with Crippen LogP contribution in [0.4, 0.5) is 5.69 Å². The number of carbonyl (C=O) groups excluding carboxylic acids is 3. The Morgan fingerprint density at radius 2 is 1.47 bits per heavy atom. The fourth-order valence-electron chi connectivity index (χ4n) is 5.34. The van der Waals surface area contributed by atoms with Crippen molar-refractivity contribution in [3.63, 3.8) is 0 Å². The quantitative estimate of drug-likeness (QED) is 0.433. The first-order chi connectivity index (χ1) is 16.6. The van der Waals surface area contributed by atoms with Crippen molar-refractivity contribution in [2.24, 2.45) is 0 Å². The zero-order valence-corrected chi connectivity index (χ0v) is 17.6. The average Bonchev–Trinajstić information content (AvgIpc) is 3.43. The second-order valence-electron chi connectivity index (χ2n) is 8.40. The maximum atomic E-state index is 14.0. The molecule has 0 saturated carbocycles. The largest absolute Gasteiger partial charge is 0.436 e. The number of fused-ring (bicyclic) bond motifs is 7. The standard InChI is InChI=1S/C27H15N3O4/c31-22-15-10-4-5-11-16(15)24-20(23(22)32)27(17-12-6-7-13-18(17)28-26(27)33)19-21(29-30-25(19)34-24)14-8-2-1-3-9-14/h1-13H,(H,28,33)(H,29,30). The van der Waals surface area contributed by atoms with Crippen LogP contribution in [0.1, 0.15) is 27.0 Å². The lowest BCUT2D eigenvalue weighted by Gasteiger charge is -2.37. The molecule has 0 radical (unpaired) electrons. The minimum absolute atomic E-state index is 0.0183. The van der Waals surface area contributed by atoms with Crippen LogP contribution in [0.5, 0.6) is 5.88 Å². The van der Waals surface area contributed by atoms with E-state index in [4.69, 9.17) is 4.74 Å². The first-order valence-corrected chi connectivity index (χ1v) is 10.8. The second kappa shape index (κ2) is 6.39. The fraction of sp³-hybridized carbons (Fsp3) is 0.0370. The van der Waals surface area contributed by atoms with Crippen LogP contribution in [0, 0.1) is 0 Å². The summed E-state index contributed by atoms with van der Waals surface area (Å²) in [7, 11) is 0. The number of nitrogens with zero attached hydrogens (tertiary/aromatic N) is 1. The van der Waals surface area contributed by atoms with Crippen molar-refractivity contribution in [2.75, 3.05) is 5.32 Å². The number of ether oxygens (including phenoxy) is 1. The van der Waals surface area contributed by atoms with E-state index in [1.807, 2.05) is 42.5 Å². The molecule has 2 N–H and O–H groups in total. The molecule has 0 bridgehead atoms. The van der Waals surface area contributed by atoms with Gasteiger partial charge in [-0.3, -0.25) is 19.5 Å². The van der Waals surface area contributed by atoms with Gasteiger partial charge in [-0.15, -0.1) is 5.10 Å². The summed E-state index contributed by atoms with van der Waals surface area (Å²) in [5, 5.41) is 10.4. The Kier molecular flexibility index (Phi) is 3.52. The molecule has 1 aromatic heterocycles. The van der Waals surface area contributed by atoms with Gasteiger partial charge < -0.3 is 10.1 Å². The molecule has 1 spiro atoms. The van der Waals surface area contributed by atoms with Crippen LogP contribution in [-0.4, -0.2) is 27.7 Å². The Labute approximate surface area is 193 Å². The molecule has 4 aromatic rings. The molecule has 3 aliphatic rings. The number of hydrogen-bond acceptors (Lipinski definition) is 5.